The van der Waals surface area contributed by atoms with Crippen LogP contribution in [-0.2, 0) is 4.74 Å². The molecule has 180 valence electrons. The minimum absolute atomic E-state index is 0.232. The predicted molar refractivity (Wildman–Crippen MR) is 130 cm³/mol. The second kappa shape index (κ2) is 8.47. The van der Waals surface area contributed by atoms with E-state index in [1.54, 1.807) is 12.1 Å². The quantitative estimate of drug-likeness (QED) is 0.372. The van der Waals surface area contributed by atoms with Crippen LogP contribution in [0, 0.1) is 12.8 Å². The molecule has 9 nitrogen and oxygen atoms in total. The van der Waals surface area contributed by atoms with E-state index >= 15 is 0 Å². The molecule has 1 fully saturated rings. The van der Waals surface area contributed by atoms with Gasteiger partial charge in [0.05, 0.1) is 47.4 Å². The first-order valence-corrected chi connectivity index (χ1v) is 11.7. The van der Waals surface area contributed by atoms with E-state index in [-0.39, 0.29) is 23.1 Å². The summed E-state index contributed by atoms with van der Waals surface area (Å²) in [5, 5.41) is 5.78. The fraction of sp³-hybridized carbons (Fsp3) is 0.320. The molecule has 4 N–H and O–H groups in total. The van der Waals surface area contributed by atoms with Crippen molar-refractivity contribution in [3.63, 3.8) is 0 Å². The second-order valence-corrected chi connectivity index (χ2v) is 9.11. The van der Waals surface area contributed by atoms with Crippen LogP contribution in [0.15, 0.2) is 30.5 Å². The first kappa shape index (κ1) is 21.8. The van der Waals surface area contributed by atoms with Gasteiger partial charge in [-0.05, 0) is 42.5 Å². The van der Waals surface area contributed by atoms with Crippen LogP contribution in [0.25, 0.3) is 28.9 Å². The molecule has 0 saturated carbocycles. The number of H-pyrrole nitrogens is 2. The minimum atomic E-state index is -1.11. The number of morpholine rings is 1. The van der Waals surface area contributed by atoms with Gasteiger partial charge in [-0.25, -0.2) is 14.1 Å². The van der Waals surface area contributed by atoms with Crippen molar-refractivity contribution in [3.8, 4) is 5.69 Å². The topological polar surface area (TPSA) is 118 Å². The van der Waals surface area contributed by atoms with Crippen LogP contribution in [0.1, 0.15) is 21.9 Å². The number of hydrogen-bond acceptors (Lipinski definition) is 6. The number of nitrogens with two attached hydrogens (primary N) is 1. The molecule has 3 aromatic heterocycles. The Bertz CT molecular complexity index is 1540. The first-order chi connectivity index (χ1) is 17.0. The summed E-state index contributed by atoms with van der Waals surface area (Å²) in [5.41, 5.74) is 9.38. The van der Waals surface area contributed by atoms with E-state index in [9.17, 15) is 9.18 Å². The average molecular weight is 476 g/mol. The number of aryl methyl sites for hydroxylation is 1. The van der Waals surface area contributed by atoms with Crippen LogP contribution >= 0.6 is 0 Å². The number of carbonyl (C=O) groups is 1. The number of ether oxygens (including phenoxy) is 1. The number of imidazole rings is 1. The van der Waals surface area contributed by atoms with Gasteiger partial charge in [0, 0.05) is 30.9 Å². The standard InChI is InChI=1S/C25H26FN7O2/c1-14-29-20-3-2-17(11-22(20)30-14)33-25(27)18(12-28-33)24(34)23-9-15-8-19(26)16(10-21(15)31-23)13-32-4-6-35-7-5-32/h2-3,8-12,16,19,31H,4-7,13,27H2,1H3,(H,29,30). The van der Waals surface area contributed by atoms with Crippen molar-refractivity contribution >= 4 is 34.8 Å². The molecular weight excluding hydrogens is 449 g/mol. The Morgan fingerprint density at radius 3 is 2.89 bits per heavy atom. The van der Waals surface area contributed by atoms with Crippen molar-refractivity contribution in [2.75, 3.05) is 38.6 Å². The van der Waals surface area contributed by atoms with Gasteiger partial charge in [0.15, 0.2) is 0 Å². The van der Waals surface area contributed by atoms with Gasteiger partial charge in [-0.2, -0.15) is 5.10 Å². The normalized spacial score (nSPS) is 20.4. The number of ketones is 1. The van der Waals surface area contributed by atoms with Gasteiger partial charge < -0.3 is 20.4 Å². The van der Waals surface area contributed by atoms with Gasteiger partial charge in [0.1, 0.15) is 17.8 Å². The molecule has 6 rings (SSSR count). The molecule has 0 radical (unpaired) electrons. The van der Waals surface area contributed by atoms with Gasteiger partial charge in [0.25, 0.3) is 0 Å². The number of carbonyl (C=O) groups excluding carboxylic acids is 1. The summed E-state index contributed by atoms with van der Waals surface area (Å²) in [4.78, 5) is 26.3. The molecule has 0 amide bonds. The van der Waals surface area contributed by atoms with Crippen LogP contribution in [0.5, 0.6) is 0 Å². The van der Waals surface area contributed by atoms with E-state index in [0.29, 0.717) is 36.4 Å². The molecule has 1 saturated heterocycles. The fourth-order valence-electron chi connectivity index (χ4n) is 4.86. The number of anilines is 1. The van der Waals surface area contributed by atoms with Crippen LogP contribution in [0.2, 0.25) is 0 Å². The molecule has 1 aromatic carbocycles. The third-order valence-electron chi connectivity index (χ3n) is 6.71. The van der Waals surface area contributed by atoms with Crippen molar-refractivity contribution in [3.05, 3.63) is 58.1 Å². The van der Waals surface area contributed by atoms with E-state index < -0.39 is 6.17 Å². The Balaban J connectivity index is 1.28. The molecule has 2 unspecified atom stereocenters. The van der Waals surface area contributed by atoms with E-state index in [1.807, 2.05) is 31.2 Å². The Labute approximate surface area is 200 Å². The average Bonchev–Trinajstić information content (AvgIpc) is 3.54. The van der Waals surface area contributed by atoms with Gasteiger partial charge in [-0.1, -0.05) is 6.08 Å². The molecule has 4 aromatic rings. The number of fused-ring (bicyclic) bond motifs is 2. The molecule has 0 spiro atoms. The number of aromatic amines is 2. The number of nitrogens with zero attached hydrogens (tertiary/aromatic N) is 4. The predicted octanol–water partition coefficient (Wildman–Crippen LogP) is 1.06. The van der Waals surface area contributed by atoms with E-state index in [1.165, 1.54) is 10.9 Å². The van der Waals surface area contributed by atoms with Gasteiger partial charge in [-0.3, -0.25) is 9.69 Å². The zero-order valence-electron chi connectivity index (χ0n) is 19.3. The SMILES string of the molecule is Cc1nc2cc(-n3ncc(C(=O)c4cc5c([nH]4)=CC(CN4CCOCC4)C(F)C=5)c3N)ccc2[nH]1. The lowest BCUT2D eigenvalue weighted by atomic mass is 9.97. The number of halogens is 1. The molecule has 4 heterocycles. The second-order valence-electron chi connectivity index (χ2n) is 9.11. The summed E-state index contributed by atoms with van der Waals surface area (Å²) in [7, 11) is 0. The highest BCUT2D eigenvalue weighted by atomic mass is 19.1. The van der Waals surface area contributed by atoms with E-state index in [4.69, 9.17) is 10.5 Å². The van der Waals surface area contributed by atoms with Crippen molar-refractivity contribution in [1.29, 1.82) is 0 Å². The molecule has 35 heavy (non-hydrogen) atoms. The number of nitrogen functional groups attached to an aromatic ring is 1. The summed E-state index contributed by atoms with van der Waals surface area (Å²) < 4.78 is 21.8. The zero-order valence-corrected chi connectivity index (χ0v) is 19.3. The van der Waals surface area contributed by atoms with Crippen molar-refractivity contribution < 1.29 is 13.9 Å². The highest BCUT2D eigenvalue weighted by molar-refractivity contribution is 6.10. The van der Waals surface area contributed by atoms with Gasteiger partial charge in [-0.15, -0.1) is 0 Å². The minimum Gasteiger partial charge on any atom is -0.383 e. The van der Waals surface area contributed by atoms with Crippen LogP contribution in [-0.4, -0.2) is 74.4 Å². The number of alkyl halides is 1. The summed E-state index contributed by atoms with van der Waals surface area (Å²) in [5.74, 6) is 0.474. The Morgan fingerprint density at radius 2 is 2.06 bits per heavy atom. The van der Waals surface area contributed by atoms with E-state index in [0.717, 1.165) is 35.3 Å². The van der Waals surface area contributed by atoms with E-state index in [2.05, 4.69) is 25.0 Å². The van der Waals surface area contributed by atoms with Crippen molar-refractivity contribution in [2.45, 2.75) is 13.1 Å². The Kier molecular flexibility index (Phi) is 5.27. The zero-order chi connectivity index (χ0) is 24.1. The largest absolute Gasteiger partial charge is 0.383 e. The lowest BCUT2D eigenvalue weighted by Gasteiger charge is -2.30. The number of benzene rings is 1. The van der Waals surface area contributed by atoms with Crippen molar-refractivity contribution in [1.82, 2.24) is 29.6 Å². The van der Waals surface area contributed by atoms with Crippen LogP contribution < -0.4 is 16.3 Å². The third kappa shape index (κ3) is 3.94. The molecule has 2 aliphatic rings. The highest BCUT2D eigenvalue weighted by Crippen LogP contribution is 2.22. The van der Waals surface area contributed by atoms with Crippen LogP contribution in [0.4, 0.5) is 10.2 Å². The molecule has 0 bridgehead atoms. The fourth-order valence-corrected chi connectivity index (χ4v) is 4.86. The first-order valence-electron chi connectivity index (χ1n) is 11.7. The number of aromatic nitrogens is 5. The number of rotatable bonds is 5. The molecular formula is C25H26FN7O2. The smallest absolute Gasteiger partial charge is 0.214 e. The maximum atomic E-state index is 14.9. The molecule has 1 aliphatic carbocycles. The Morgan fingerprint density at radius 1 is 1.23 bits per heavy atom. The van der Waals surface area contributed by atoms with Crippen LogP contribution in [0.3, 0.4) is 0 Å². The lowest BCUT2D eigenvalue weighted by Crippen LogP contribution is -2.43. The summed E-state index contributed by atoms with van der Waals surface area (Å²) in [6.45, 7) is 5.44. The number of nitrogens with one attached hydrogen (secondary N) is 2. The van der Waals surface area contributed by atoms with Gasteiger partial charge >= 0.3 is 0 Å². The molecule has 1 aliphatic heterocycles. The maximum Gasteiger partial charge on any atom is 0.214 e. The maximum absolute atomic E-state index is 14.9. The Hall–Kier alpha value is -3.76. The summed E-state index contributed by atoms with van der Waals surface area (Å²) in [6.07, 6.45) is 3.82. The molecule has 10 heteroatoms. The van der Waals surface area contributed by atoms with Gasteiger partial charge in [0.2, 0.25) is 5.78 Å². The third-order valence-corrected chi connectivity index (χ3v) is 6.71. The lowest BCUT2D eigenvalue weighted by molar-refractivity contribution is 0.0312. The number of hydrogen-bond donors (Lipinski definition) is 3. The summed E-state index contributed by atoms with van der Waals surface area (Å²) in [6, 6.07) is 7.31. The summed E-state index contributed by atoms with van der Waals surface area (Å²) >= 11 is 0. The highest BCUT2D eigenvalue weighted by Gasteiger charge is 2.25. The molecule has 2 atom stereocenters. The monoisotopic (exact) mass is 475 g/mol. The van der Waals surface area contributed by atoms with Crippen molar-refractivity contribution in [2.24, 2.45) is 5.92 Å².